The second kappa shape index (κ2) is 10.2. The van der Waals surface area contributed by atoms with Crippen molar-refractivity contribution in [2.24, 2.45) is 7.05 Å². The van der Waals surface area contributed by atoms with E-state index in [4.69, 9.17) is 4.74 Å². The molecule has 0 spiro atoms. The summed E-state index contributed by atoms with van der Waals surface area (Å²) in [7, 11) is 3.32. The number of methoxy groups -OCH3 is 1. The van der Waals surface area contributed by atoms with Gasteiger partial charge in [-0.05, 0) is 55.0 Å². The molecule has 3 rings (SSSR count). The third-order valence-electron chi connectivity index (χ3n) is 4.67. The Balaban J connectivity index is 1.41. The molecule has 0 aliphatic heterocycles. The predicted octanol–water partition coefficient (Wildman–Crippen LogP) is 2.81. The molecule has 8 nitrogen and oxygen atoms in total. The molecule has 0 unspecified atom stereocenters. The molecule has 2 N–H and O–H groups in total. The van der Waals surface area contributed by atoms with Gasteiger partial charge < -0.3 is 19.9 Å². The van der Waals surface area contributed by atoms with E-state index >= 15 is 0 Å². The lowest BCUT2D eigenvalue weighted by molar-refractivity contribution is -0.116. The molecule has 0 aliphatic rings. The summed E-state index contributed by atoms with van der Waals surface area (Å²) in [6.45, 7) is 0.384. The number of aromatic nitrogens is 2. The molecule has 0 fully saturated rings. The first-order valence-electron chi connectivity index (χ1n) is 9.82. The number of nitrogens with one attached hydrogen (secondary N) is 2. The van der Waals surface area contributed by atoms with Crippen LogP contribution in [0.4, 0.5) is 5.69 Å². The summed E-state index contributed by atoms with van der Waals surface area (Å²) in [4.78, 5) is 40.7. The van der Waals surface area contributed by atoms with Gasteiger partial charge >= 0.3 is 0 Å². The third-order valence-corrected chi connectivity index (χ3v) is 4.67. The molecule has 8 heteroatoms. The maximum atomic E-state index is 12.4. The molecule has 31 heavy (non-hydrogen) atoms. The zero-order valence-corrected chi connectivity index (χ0v) is 17.4. The highest BCUT2D eigenvalue weighted by Crippen LogP contribution is 2.14. The average molecular weight is 420 g/mol. The maximum Gasteiger partial charge on any atom is 0.251 e. The number of aryl methyl sites for hydroxylation is 1. The number of rotatable bonds is 9. The molecule has 0 radical (unpaired) electrons. The van der Waals surface area contributed by atoms with Crippen molar-refractivity contribution in [3.63, 3.8) is 0 Å². The fraction of sp³-hybridized carbons (Fsp3) is 0.217. The van der Waals surface area contributed by atoms with Crippen LogP contribution in [0.25, 0.3) is 0 Å². The minimum Gasteiger partial charge on any atom is -0.497 e. The largest absolute Gasteiger partial charge is 0.497 e. The van der Waals surface area contributed by atoms with E-state index in [2.05, 4.69) is 15.6 Å². The predicted molar refractivity (Wildman–Crippen MR) is 116 cm³/mol. The number of anilines is 1. The van der Waals surface area contributed by atoms with Gasteiger partial charge in [0.25, 0.3) is 5.91 Å². The SMILES string of the molecule is COc1ccc(C(=O)NCCCC(=O)Nc2ccc(C(=O)c3nccn3C)cc2)cc1. The number of hydrogen-bond donors (Lipinski definition) is 2. The quantitative estimate of drug-likeness (QED) is 0.409. The van der Waals surface area contributed by atoms with Crippen LogP contribution in [0.5, 0.6) is 5.75 Å². The lowest BCUT2D eigenvalue weighted by Crippen LogP contribution is -2.25. The first kappa shape index (κ1) is 21.8. The van der Waals surface area contributed by atoms with Gasteiger partial charge in [-0.15, -0.1) is 0 Å². The van der Waals surface area contributed by atoms with E-state index in [-0.39, 0.29) is 24.0 Å². The Hall–Kier alpha value is -3.94. The summed E-state index contributed by atoms with van der Waals surface area (Å²) in [6, 6.07) is 13.5. The summed E-state index contributed by atoms with van der Waals surface area (Å²) >= 11 is 0. The number of ketones is 1. The van der Waals surface area contributed by atoms with Crippen LogP contribution in [0.3, 0.4) is 0 Å². The van der Waals surface area contributed by atoms with Crippen LogP contribution >= 0.6 is 0 Å². The standard InChI is InChI=1S/C23H24N4O4/c1-27-15-14-24-22(27)21(29)16-5-9-18(10-6-16)26-20(28)4-3-13-25-23(30)17-7-11-19(31-2)12-8-17/h5-12,14-15H,3-4,13H2,1-2H3,(H,25,30)(H,26,28). The third kappa shape index (κ3) is 5.79. The van der Waals surface area contributed by atoms with Crippen LogP contribution in [0.15, 0.2) is 60.9 Å². The lowest BCUT2D eigenvalue weighted by atomic mass is 10.1. The Morgan fingerprint density at radius 1 is 1.00 bits per heavy atom. The Morgan fingerprint density at radius 3 is 2.29 bits per heavy atom. The molecule has 1 aromatic heterocycles. The molecular weight excluding hydrogens is 396 g/mol. The molecule has 160 valence electrons. The van der Waals surface area contributed by atoms with E-state index in [9.17, 15) is 14.4 Å². The number of amides is 2. The fourth-order valence-corrected chi connectivity index (χ4v) is 2.94. The van der Waals surface area contributed by atoms with Crippen molar-refractivity contribution in [2.45, 2.75) is 12.8 Å². The van der Waals surface area contributed by atoms with Crippen molar-refractivity contribution in [3.8, 4) is 5.75 Å². The fourth-order valence-electron chi connectivity index (χ4n) is 2.94. The number of benzene rings is 2. The van der Waals surface area contributed by atoms with Gasteiger partial charge in [0.15, 0.2) is 5.82 Å². The zero-order valence-electron chi connectivity index (χ0n) is 17.4. The molecule has 0 saturated heterocycles. The molecule has 3 aromatic rings. The van der Waals surface area contributed by atoms with E-state index in [0.717, 1.165) is 0 Å². The van der Waals surface area contributed by atoms with Crippen molar-refractivity contribution >= 4 is 23.3 Å². The van der Waals surface area contributed by atoms with Crippen LogP contribution in [-0.2, 0) is 11.8 Å². The first-order chi connectivity index (χ1) is 15.0. The van der Waals surface area contributed by atoms with Crippen LogP contribution in [0.1, 0.15) is 39.4 Å². The van der Waals surface area contributed by atoms with E-state index in [1.807, 2.05) is 0 Å². The van der Waals surface area contributed by atoms with E-state index in [1.54, 1.807) is 79.6 Å². The molecule has 0 atom stereocenters. The highest BCUT2D eigenvalue weighted by atomic mass is 16.5. The number of carbonyl (C=O) groups excluding carboxylic acids is 3. The number of nitrogens with zero attached hydrogens (tertiary/aromatic N) is 2. The first-order valence-corrected chi connectivity index (χ1v) is 9.82. The molecule has 2 amide bonds. The Bertz CT molecular complexity index is 1060. The van der Waals surface area contributed by atoms with Gasteiger partial charge in [-0.1, -0.05) is 0 Å². The van der Waals surface area contributed by atoms with Gasteiger partial charge in [0.05, 0.1) is 7.11 Å². The minimum atomic E-state index is -0.198. The molecule has 2 aromatic carbocycles. The Kier molecular flexibility index (Phi) is 7.16. The normalized spacial score (nSPS) is 10.4. The number of hydrogen-bond acceptors (Lipinski definition) is 5. The molecule has 0 bridgehead atoms. The summed E-state index contributed by atoms with van der Waals surface area (Å²) in [6.07, 6.45) is 4.04. The van der Waals surface area contributed by atoms with Crippen molar-refractivity contribution in [1.82, 2.24) is 14.9 Å². The van der Waals surface area contributed by atoms with Gasteiger partial charge in [-0.25, -0.2) is 4.98 Å². The van der Waals surface area contributed by atoms with Gasteiger partial charge in [0, 0.05) is 49.2 Å². The van der Waals surface area contributed by atoms with Gasteiger partial charge in [0.2, 0.25) is 11.7 Å². The van der Waals surface area contributed by atoms with Crippen molar-refractivity contribution in [3.05, 3.63) is 77.9 Å². The molecule has 0 aliphatic carbocycles. The summed E-state index contributed by atoms with van der Waals surface area (Å²) < 4.78 is 6.72. The lowest BCUT2D eigenvalue weighted by Gasteiger charge is -2.08. The summed E-state index contributed by atoms with van der Waals surface area (Å²) in [5, 5.41) is 5.58. The Morgan fingerprint density at radius 2 is 1.68 bits per heavy atom. The zero-order chi connectivity index (χ0) is 22.2. The minimum absolute atomic E-state index is 0.165. The van der Waals surface area contributed by atoms with Crippen LogP contribution in [0, 0.1) is 0 Å². The Labute approximate surface area is 180 Å². The summed E-state index contributed by atoms with van der Waals surface area (Å²) in [5.41, 5.74) is 1.63. The second-order valence-electron chi connectivity index (χ2n) is 6.90. The van der Waals surface area contributed by atoms with E-state index in [1.165, 1.54) is 0 Å². The topological polar surface area (TPSA) is 102 Å². The molecular formula is C23H24N4O4. The van der Waals surface area contributed by atoms with Crippen LogP contribution in [0.2, 0.25) is 0 Å². The van der Waals surface area contributed by atoms with Crippen molar-refractivity contribution in [2.75, 3.05) is 19.0 Å². The average Bonchev–Trinajstić information content (AvgIpc) is 3.22. The van der Waals surface area contributed by atoms with Gasteiger partial charge in [-0.3, -0.25) is 14.4 Å². The number of imidazole rings is 1. The van der Waals surface area contributed by atoms with E-state index < -0.39 is 0 Å². The van der Waals surface area contributed by atoms with Gasteiger partial charge in [0.1, 0.15) is 5.75 Å². The van der Waals surface area contributed by atoms with Crippen molar-refractivity contribution in [1.29, 1.82) is 0 Å². The van der Waals surface area contributed by atoms with Gasteiger partial charge in [-0.2, -0.15) is 0 Å². The second-order valence-corrected chi connectivity index (χ2v) is 6.90. The number of carbonyl (C=O) groups is 3. The highest BCUT2D eigenvalue weighted by molar-refractivity contribution is 6.07. The highest BCUT2D eigenvalue weighted by Gasteiger charge is 2.13. The monoisotopic (exact) mass is 420 g/mol. The van der Waals surface area contributed by atoms with Crippen molar-refractivity contribution < 1.29 is 19.1 Å². The molecule has 1 heterocycles. The number of ether oxygens (including phenoxy) is 1. The van der Waals surface area contributed by atoms with Crippen LogP contribution < -0.4 is 15.4 Å². The van der Waals surface area contributed by atoms with E-state index in [0.29, 0.717) is 41.4 Å². The van der Waals surface area contributed by atoms with Crippen LogP contribution in [-0.4, -0.2) is 40.8 Å². The summed E-state index contributed by atoms with van der Waals surface area (Å²) in [5.74, 6) is 0.492. The molecule has 0 saturated carbocycles. The maximum absolute atomic E-state index is 12.4. The smallest absolute Gasteiger partial charge is 0.251 e.